The summed E-state index contributed by atoms with van der Waals surface area (Å²) in [5.74, 6) is 0.0449. The molecule has 1 aliphatic rings. The lowest BCUT2D eigenvalue weighted by atomic mass is 10.2. The van der Waals surface area contributed by atoms with Crippen molar-refractivity contribution in [2.24, 2.45) is 0 Å². The van der Waals surface area contributed by atoms with Gasteiger partial charge in [0.15, 0.2) is 0 Å². The molecule has 1 atom stereocenters. The number of aromatic nitrogens is 4. The molecular formula is C14H19N5O. The number of carbonyl (C=O) groups is 1. The minimum Gasteiger partial charge on any atom is -0.338 e. The largest absolute Gasteiger partial charge is 0.338 e. The zero-order valence-corrected chi connectivity index (χ0v) is 11.8. The van der Waals surface area contributed by atoms with Crippen molar-refractivity contribution in [3.05, 3.63) is 35.4 Å². The highest BCUT2D eigenvalue weighted by atomic mass is 16.2. The van der Waals surface area contributed by atoms with Crippen LogP contribution in [0.2, 0.25) is 0 Å². The van der Waals surface area contributed by atoms with Crippen molar-refractivity contribution in [1.29, 1.82) is 0 Å². The molecule has 1 amide bonds. The van der Waals surface area contributed by atoms with E-state index in [1.54, 1.807) is 15.8 Å². The van der Waals surface area contributed by atoms with Gasteiger partial charge in [-0.25, -0.2) is 0 Å². The summed E-state index contributed by atoms with van der Waals surface area (Å²) in [6, 6.07) is 1.53. The van der Waals surface area contributed by atoms with Crippen LogP contribution >= 0.6 is 0 Å². The quantitative estimate of drug-likeness (QED) is 0.913. The third kappa shape index (κ3) is 2.21. The topological polar surface area (TPSA) is 66.8 Å². The molecule has 2 aromatic heterocycles. The predicted molar refractivity (Wildman–Crippen MR) is 74.0 cm³/mol. The Bertz CT molecular complexity index is 601. The Hall–Kier alpha value is -2.11. The van der Waals surface area contributed by atoms with Gasteiger partial charge in [0, 0.05) is 25.1 Å². The van der Waals surface area contributed by atoms with E-state index in [0.717, 1.165) is 18.5 Å². The number of aromatic amines is 1. The highest BCUT2D eigenvalue weighted by Gasteiger charge is 2.23. The second-order valence-electron chi connectivity index (χ2n) is 5.34. The maximum absolute atomic E-state index is 12.4. The maximum atomic E-state index is 12.4. The highest BCUT2D eigenvalue weighted by Crippen LogP contribution is 2.23. The highest BCUT2D eigenvalue weighted by molar-refractivity contribution is 5.79. The molecule has 20 heavy (non-hydrogen) atoms. The van der Waals surface area contributed by atoms with Crippen LogP contribution in [0.15, 0.2) is 18.5 Å². The van der Waals surface area contributed by atoms with E-state index >= 15 is 0 Å². The van der Waals surface area contributed by atoms with Gasteiger partial charge in [-0.05, 0) is 37.8 Å². The van der Waals surface area contributed by atoms with E-state index in [2.05, 4.69) is 15.3 Å². The second kappa shape index (κ2) is 5.11. The van der Waals surface area contributed by atoms with Crippen molar-refractivity contribution >= 4 is 5.91 Å². The first kappa shape index (κ1) is 12.9. The van der Waals surface area contributed by atoms with Crippen molar-refractivity contribution in [1.82, 2.24) is 24.9 Å². The number of nitrogens with one attached hydrogen (secondary N) is 1. The van der Waals surface area contributed by atoms with Gasteiger partial charge in [0.2, 0.25) is 5.91 Å². The van der Waals surface area contributed by atoms with Crippen LogP contribution in [0.25, 0.3) is 0 Å². The molecule has 0 aromatic carbocycles. The lowest BCUT2D eigenvalue weighted by Gasteiger charge is -2.21. The minimum absolute atomic E-state index is 0.0449. The third-order valence-electron chi connectivity index (χ3n) is 3.93. The van der Waals surface area contributed by atoms with E-state index in [1.165, 1.54) is 17.7 Å². The number of amides is 1. The first-order valence-electron chi connectivity index (χ1n) is 6.96. The standard InChI is InChI=1S/C14H19N5O/c1-10(19-8-4-7-15-19)14(20)18(2)9-13-11-5-3-6-12(11)16-17-13/h4,7-8,10H,3,5-6,9H2,1-2H3,(H,16,17). The number of carbonyl (C=O) groups excluding carboxylic acids is 1. The molecule has 1 N–H and O–H groups in total. The van der Waals surface area contributed by atoms with Gasteiger partial charge in [0.05, 0.1) is 12.2 Å². The molecule has 0 saturated heterocycles. The van der Waals surface area contributed by atoms with Gasteiger partial charge in [-0.3, -0.25) is 14.6 Å². The summed E-state index contributed by atoms with van der Waals surface area (Å²) in [6.07, 6.45) is 6.81. The molecule has 0 radical (unpaired) electrons. The van der Waals surface area contributed by atoms with E-state index in [1.807, 2.05) is 26.2 Å². The molecule has 0 fully saturated rings. The zero-order chi connectivity index (χ0) is 14.1. The molecule has 2 aromatic rings. The number of rotatable bonds is 4. The fourth-order valence-corrected chi connectivity index (χ4v) is 2.76. The van der Waals surface area contributed by atoms with E-state index in [9.17, 15) is 4.79 Å². The summed E-state index contributed by atoms with van der Waals surface area (Å²) in [7, 11) is 1.82. The molecule has 106 valence electrons. The van der Waals surface area contributed by atoms with Crippen LogP contribution in [0.5, 0.6) is 0 Å². The van der Waals surface area contributed by atoms with Gasteiger partial charge in [0.1, 0.15) is 6.04 Å². The van der Waals surface area contributed by atoms with Crippen LogP contribution in [0.3, 0.4) is 0 Å². The number of aryl methyl sites for hydroxylation is 1. The molecule has 6 nitrogen and oxygen atoms in total. The number of H-pyrrole nitrogens is 1. The summed E-state index contributed by atoms with van der Waals surface area (Å²) in [5, 5.41) is 11.5. The zero-order valence-electron chi connectivity index (χ0n) is 11.8. The average Bonchev–Trinajstić information content (AvgIpc) is 3.15. The van der Waals surface area contributed by atoms with Crippen molar-refractivity contribution < 1.29 is 4.79 Å². The minimum atomic E-state index is -0.290. The van der Waals surface area contributed by atoms with Crippen LogP contribution in [0, 0.1) is 0 Å². The van der Waals surface area contributed by atoms with Crippen molar-refractivity contribution in [3.63, 3.8) is 0 Å². The summed E-state index contributed by atoms with van der Waals surface area (Å²) >= 11 is 0. The number of likely N-dealkylation sites (N-methyl/N-ethyl adjacent to an activating group) is 1. The Balaban J connectivity index is 1.69. The number of hydrogen-bond donors (Lipinski definition) is 1. The van der Waals surface area contributed by atoms with Gasteiger partial charge < -0.3 is 4.90 Å². The molecule has 3 rings (SSSR count). The van der Waals surface area contributed by atoms with Crippen LogP contribution in [0.1, 0.15) is 36.3 Å². The van der Waals surface area contributed by atoms with Crippen molar-refractivity contribution in [2.45, 2.75) is 38.8 Å². The molecule has 1 aliphatic carbocycles. The van der Waals surface area contributed by atoms with E-state index < -0.39 is 0 Å². The van der Waals surface area contributed by atoms with E-state index in [4.69, 9.17) is 0 Å². The molecule has 2 heterocycles. The van der Waals surface area contributed by atoms with E-state index in [-0.39, 0.29) is 11.9 Å². The van der Waals surface area contributed by atoms with Gasteiger partial charge in [-0.15, -0.1) is 0 Å². The third-order valence-corrected chi connectivity index (χ3v) is 3.93. The number of nitrogens with zero attached hydrogens (tertiary/aromatic N) is 4. The average molecular weight is 273 g/mol. The summed E-state index contributed by atoms with van der Waals surface area (Å²) in [6.45, 7) is 2.41. The summed E-state index contributed by atoms with van der Waals surface area (Å²) < 4.78 is 1.67. The van der Waals surface area contributed by atoms with Gasteiger partial charge in [-0.2, -0.15) is 10.2 Å². The maximum Gasteiger partial charge on any atom is 0.247 e. The molecule has 6 heteroatoms. The Morgan fingerprint density at radius 3 is 3.15 bits per heavy atom. The molecular weight excluding hydrogens is 254 g/mol. The first-order chi connectivity index (χ1) is 9.66. The normalized spacial score (nSPS) is 15.1. The Morgan fingerprint density at radius 1 is 1.55 bits per heavy atom. The molecule has 0 bridgehead atoms. The monoisotopic (exact) mass is 273 g/mol. The van der Waals surface area contributed by atoms with Crippen molar-refractivity contribution in [2.75, 3.05) is 7.05 Å². The number of hydrogen-bond acceptors (Lipinski definition) is 3. The first-order valence-corrected chi connectivity index (χ1v) is 6.96. The van der Waals surface area contributed by atoms with Crippen LogP contribution in [-0.2, 0) is 24.2 Å². The molecule has 0 saturated carbocycles. The Morgan fingerprint density at radius 2 is 2.40 bits per heavy atom. The molecule has 0 aliphatic heterocycles. The SMILES string of the molecule is CC(C(=O)N(C)Cc1n[nH]c2c1CCC2)n1cccn1. The fourth-order valence-electron chi connectivity index (χ4n) is 2.76. The summed E-state index contributed by atoms with van der Waals surface area (Å²) in [5.41, 5.74) is 3.54. The van der Waals surface area contributed by atoms with Gasteiger partial charge in [-0.1, -0.05) is 0 Å². The Kier molecular flexibility index (Phi) is 3.30. The van der Waals surface area contributed by atoms with Gasteiger partial charge in [0.25, 0.3) is 0 Å². The predicted octanol–water partition coefficient (Wildman–Crippen LogP) is 1.31. The van der Waals surface area contributed by atoms with Crippen molar-refractivity contribution in [3.8, 4) is 0 Å². The summed E-state index contributed by atoms with van der Waals surface area (Å²) in [4.78, 5) is 14.1. The Labute approximate surface area is 117 Å². The van der Waals surface area contributed by atoms with E-state index in [0.29, 0.717) is 6.54 Å². The van der Waals surface area contributed by atoms with Crippen LogP contribution in [-0.4, -0.2) is 37.8 Å². The smallest absolute Gasteiger partial charge is 0.247 e. The van der Waals surface area contributed by atoms with Gasteiger partial charge >= 0.3 is 0 Å². The second-order valence-corrected chi connectivity index (χ2v) is 5.34. The van der Waals surface area contributed by atoms with Crippen LogP contribution < -0.4 is 0 Å². The lowest BCUT2D eigenvalue weighted by molar-refractivity contribution is -0.133. The lowest BCUT2D eigenvalue weighted by Crippen LogP contribution is -2.33. The molecule has 1 unspecified atom stereocenters. The molecule has 0 spiro atoms. The fraction of sp³-hybridized carbons (Fsp3) is 0.500. The number of fused-ring (bicyclic) bond motifs is 1. The van der Waals surface area contributed by atoms with Crippen LogP contribution in [0.4, 0.5) is 0 Å².